The molecule has 0 aromatic carbocycles. The molecule has 0 spiro atoms. The van der Waals surface area contributed by atoms with Gasteiger partial charge in [0.1, 0.15) is 5.25 Å². The number of nitrogens with one attached hydrogen (secondary N) is 1. The third-order valence-corrected chi connectivity index (χ3v) is 4.27. The summed E-state index contributed by atoms with van der Waals surface area (Å²) in [7, 11) is 0. The van der Waals surface area contributed by atoms with Crippen LogP contribution in [0.4, 0.5) is 0 Å². The lowest BCUT2D eigenvalue weighted by atomic mass is 10.1. The standard InChI is InChI=1S/C12H17N3OS/c13-8-7-10-11(16)15-12(17-10)14-9-5-3-1-2-4-6-9/h9-10H,1-7H2,(H,14,15,16). The maximum atomic E-state index is 11.5. The first kappa shape index (κ1) is 12.4. The minimum absolute atomic E-state index is 0.0658. The molecule has 17 heavy (non-hydrogen) atoms. The first-order valence-electron chi connectivity index (χ1n) is 6.22. The molecular formula is C12H17N3OS. The van der Waals surface area contributed by atoms with E-state index in [1.165, 1.54) is 37.4 Å². The maximum Gasteiger partial charge on any atom is 0.240 e. The van der Waals surface area contributed by atoms with Crippen LogP contribution >= 0.6 is 11.8 Å². The van der Waals surface area contributed by atoms with Gasteiger partial charge in [0, 0.05) is 0 Å². The highest BCUT2D eigenvalue weighted by molar-refractivity contribution is 8.15. The van der Waals surface area contributed by atoms with Crippen LogP contribution < -0.4 is 5.32 Å². The lowest BCUT2D eigenvalue weighted by Gasteiger charge is -2.08. The van der Waals surface area contributed by atoms with Crippen LogP contribution in [0.3, 0.4) is 0 Å². The van der Waals surface area contributed by atoms with E-state index in [0.29, 0.717) is 6.04 Å². The molecule has 2 aliphatic rings. The van der Waals surface area contributed by atoms with E-state index in [1.54, 1.807) is 0 Å². The average molecular weight is 251 g/mol. The number of carbonyl (C=O) groups is 1. The summed E-state index contributed by atoms with van der Waals surface area (Å²) in [5.41, 5.74) is 0. The van der Waals surface area contributed by atoms with Gasteiger partial charge in [0.05, 0.1) is 18.5 Å². The zero-order valence-electron chi connectivity index (χ0n) is 9.82. The van der Waals surface area contributed by atoms with Crippen molar-refractivity contribution in [3.8, 4) is 6.07 Å². The summed E-state index contributed by atoms with van der Waals surface area (Å²) < 4.78 is 0. The van der Waals surface area contributed by atoms with Gasteiger partial charge in [-0.1, -0.05) is 37.4 Å². The van der Waals surface area contributed by atoms with E-state index in [4.69, 9.17) is 5.26 Å². The predicted octanol–water partition coefficient (Wildman–Crippen LogP) is 2.21. The van der Waals surface area contributed by atoms with Crippen LogP contribution in [0.15, 0.2) is 4.99 Å². The molecule has 0 radical (unpaired) electrons. The van der Waals surface area contributed by atoms with Crippen molar-refractivity contribution in [2.45, 2.75) is 56.2 Å². The van der Waals surface area contributed by atoms with Gasteiger partial charge in [-0.3, -0.25) is 9.79 Å². The monoisotopic (exact) mass is 251 g/mol. The van der Waals surface area contributed by atoms with Crippen molar-refractivity contribution in [3.05, 3.63) is 0 Å². The topological polar surface area (TPSA) is 65.2 Å². The molecular weight excluding hydrogens is 234 g/mol. The van der Waals surface area contributed by atoms with E-state index in [-0.39, 0.29) is 17.6 Å². The van der Waals surface area contributed by atoms with Gasteiger partial charge >= 0.3 is 0 Å². The summed E-state index contributed by atoms with van der Waals surface area (Å²) >= 11 is 1.41. The van der Waals surface area contributed by atoms with E-state index in [9.17, 15) is 4.79 Å². The molecule has 92 valence electrons. The molecule has 1 aliphatic carbocycles. The van der Waals surface area contributed by atoms with E-state index >= 15 is 0 Å². The number of hydrogen-bond acceptors (Lipinski definition) is 4. The lowest BCUT2D eigenvalue weighted by Crippen LogP contribution is -2.25. The van der Waals surface area contributed by atoms with Crippen LogP contribution in [0.5, 0.6) is 0 Å². The van der Waals surface area contributed by atoms with E-state index < -0.39 is 0 Å². The van der Waals surface area contributed by atoms with Crippen LogP contribution in [0.2, 0.25) is 0 Å². The Bertz CT molecular complexity index is 353. The third-order valence-electron chi connectivity index (χ3n) is 3.18. The van der Waals surface area contributed by atoms with Gasteiger partial charge in [-0.2, -0.15) is 5.26 Å². The number of nitriles is 1. The van der Waals surface area contributed by atoms with E-state index in [1.807, 2.05) is 6.07 Å². The number of carbonyl (C=O) groups excluding carboxylic acids is 1. The van der Waals surface area contributed by atoms with Gasteiger partial charge in [-0.05, 0) is 12.8 Å². The molecule has 4 nitrogen and oxygen atoms in total. The highest BCUT2D eigenvalue weighted by atomic mass is 32.2. The number of nitrogens with zero attached hydrogens (tertiary/aromatic N) is 2. The molecule has 1 heterocycles. The maximum absolute atomic E-state index is 11.5. The van der Waals surface area contributed by atoms with Crippen molar-refractivity contribution in [2.24, 2.45) is 4.99 Å². The SMILES string of the molecule is N#CCC1SC(=NC2CCCCCC2)NC1=O. The normalized spacial score (nSPS) is 28.8. The molecule has 1 atom stereocenters. The zero-order chi connectivity index (χ0) is 12.1. The van der Waals surface area contributed by atoms with Gasteiger partial charge in [-0.15, -0.1) is 0 Å². The molecule has 2 fully saturated rings. The number of rotatable bonds is 2. The highest BCUT2D eigenvalue weighted by Gasteiger charge is 2.30. The smallest absolute Gasteiger partial charge is 0.240 e. The quantitative estimate of drug-likeness (QED) is 0.765. The van der Waals surface area contributed by atoms with Gasteiger partial charge in [-0.25, -0.2) is 0 Å². The Morgan fingerprint density at radius 1 is 1.35 bits per heavy atom. The number of thioether (sulfide) groups is 1. The molecule has 2 rings (SSSR count). The van der Waals surface area contributed by atoms with Crippen LogP contribution in [0, 0.1) is 11.3 Å². The van der Waals surface area contributed by atoms with Gasteiger partial charge < -0.3 is 5.32 Å². The summed E-state index contributed by atoms with van der Waals surface area (Å²) in [5, 5.41) is 11.9. The molecule has 1 amide bonds. The van der Waals surface area contributed by atoms with Crippen LogP contribution in [-0.4, -0.2) is 22.4 Å². The predicted molar refractivity (Wildman–Crippen MR) is 68.7 cm³/mol. The first-order valence-corrected chi connectivity index (χ1v) is 7.10. The van der Waals surface area contributed by atoms with E-state index in [0.717, 1.165) is 18.0 Å². The molecule has 1 N–H and O–H groups in total. The van der Waals surface area contributed by atoms with Crippen LogP contribution in [-0.2, 0) is 4.79 Å². The van der Waals surface area contributed by atoms with Crippen molar-refractivity contribution in [2.75, 3.05) is 0 Å². The summed E-state index contributed by atoms with van der Waals surface area (Å²) in [4.78, 5) is 16.1. The van der Waals surface area contributed by atoms with Crippen molar-refractivity contribution < 1.29 is 4.79 Å². The second-order valence-electron chi connectivity index (χ2n) is 4.54. The van der Waals surface area contributed by atoms with Gasteiger partial charge in [0.25, 0.3) is 0 Å². The molecule has 0 bridgehead atoms. The average Bonchev–Trinajstić information content (AvgIpc) is 2.54. The molecule has 1 unspecified atom stereocenters. The third kappa shape index (κ3) is 3.47. The van der Waals surface area contributed by atoms with Gasteiger partial charge in [0.2, 0.25) is 5.91 Å². The Labute approximate surface area is 106 Å². The van der Waals surface area contributed by atoms with Crippen molar-refractivity contribution in [1.82, 2.24) is 5.32 Å². The number of aliphatic imine (C=N–C) groups is 1. The van der Waals surface area contributed by atoms with Crippen LogP contribution in [0.1, 0.15) is 44.9 Å². The van der Waals surface area contributed by atoms with Crippen molar-refractivity contribution in [1.29, 1.82) is 5.26 Å². The molecule has 0 aromatic rings. The summed E-state index contributed by atoms with van der Waals surface area (Å²) in [5.74, 6) is -0.0658. The number of hydrogen-bond donors (Lipinski definition) is 1. The van der Waals surface area contributed by atoms with E-state index in [2.05, 4.69) is 10.3 Å². The Morgan fingerprint density at radius 3 is 2.71 bits per heavy atom. The Balaban J connectivity index is 1.94. The fraction of sp³-hybridized carbons (Fsp3) is 0.750. The summed E-state index contributed by atoms with van der Waals surface area (Å²) in [6.45, 7) is 0. The van der Waals surface area contributed by atoms with Crippen molar-refractivity contribution in [3.63, 3.8) is 0 Å². The molecule has 1 aliphatic heterocycles. The number of amides is 1. The number of amidine groups is 1. The highest BCUT2D eigenvalue weighted by Crippen LogP contribution is 2.25. The lowest BCUT2D eigenvalue weighted by molar-refractivity contribution is -0.118. The Hall–Kier alpha value is -1.02. The van der Waals surface area contributed by atoms with Gasteiger partial charge in [0.15, 0.2) is 5.17 Å². The fourth-order valence-corrected chi connectivity index (χ4v) is 3.20. The minimum Gasteiger partial charge on any atom is -0.304 e. The largest absolute Gasteiger partial charge is 0.304 e. The molecule has 0 aromatic heterocycles. The molecule has 5 heteroatoms. The Kier molecular flexibility index (Phi) is 4.43. The van der Waals surface area contributed by atoms with Crippen molar-refractivity contribution >= 4 is 22.8 Å². The second kappa shape index (κ2) is 6.06. The fourth-order valence-electron chi connectivity index (χ4n) is 2.24. The molecule has 1 saturated carbocycles. The summed E-state index contributed by atoms with van der Waals surface area (Å²) in [6, 6.07) is 2.40. The second-order valence-corrected chi connectivity index (χ2v) is 5.73. The van der Waals surface area contributed by atoms with Crippen LogP contribution in [0.25, 0.3) is 0 Å². The first-order chi connectivity index (χ1) is 8.29. The zero-order valence-corrected chi connectivity index (χ0v) is 10.6. The minimum atomic E-state index is -0.260. The molecule has 1 saturated heterocycles. The Morgan fingerprint density at radius 2 is 2.06 bits per heavy atom. The summed E-state index contributed by atoms with van der Waals surface area (Å²) in [6.07, 6.45) is 7.60.